The van der Waals surface area contributed by atoms with Crippen LogP contribution < -0.4 is 10.9 Å². The fourth-order valence-electron chi connectivity index (χ4n) is 1.65. The standard InChI is InChI=1S/C13H23N3O2/c1-5-18-9-11(4)15-12-13(17)16(7-6-14-12)8-10(2)3/h6-7,10-11H,5,8-9H2,1-4H3,(H,14,15). The third-order valence-electron chi connectivity index (χ3n) is 2.43. The average Bonchev–Trinajstić information content (AvgIpc) is 2.31. The molecule has 1 rings (SSSR count). The molecule has 1 unspecified atom stereocenters. The Morgan fingerprint density at radius 2 is 2.17 bits per heavy atom. The summed E-state index contributed by atoms with van der Waals surface area (Å²) in [7, 11) is 0. The molecule has 0 spiro atoms. The first-order chi connectivity index (χ1) is 8.54. The lowest BCUT2D eigenvalue weighted by molar-refractivity contribution is 0.141. The molecule has 1 aromatic heterocycles. The van der Waals surface area contributed by atoms with Gasteiger partial charge in [0.05, 0.1) is 6.61 Å². The Balaban J connectivity index is 2.74. The molecule has 1 N–H and O–H groups in total. The van der Waals surface area contributed by atoms with Gasteiger partial charge in [-0.25, -0.2) is 4.98 Å². The maximum absolute atomic E-state index is 12.1. The highest BCUT2D eigenvalue weighted by atomic mass is 16.5. The lowest BCUT2D eigenvalue weighted by Gasteiger charge is -2.15. The fourth-order valence-corrected chi connectivity index (χ4v) is 1.65. The molecule has 5 nitrogen and oxygen atoms in total. The summed E-state index contributed by atoms with van der Waals surface area (Å²) < 4.78 is 6.99. The Hall–Kier alpha value is -1.36. The Morgan fingerprint density at radius 3 is 2.78 bits per heavy atom. The van der Waals surface area contributed by atoms with Gasteiger partial charge >= 0.3 is 0 Å². The Morgan fingerprint density at radius 1 is 1.44 bits per heavy atom. The van der Waals surface area contributed by atoms with Crippen LogP contribution in [0.15, 0.2) is 17.2 Å². The highest BCUT2D eigenvalue weighted by Gasteiger charge is 2.09. The molecule has 0 fully saturated rings. The lowest BCUT2D eigenvalue weighted by Crippen LogP contribution is -2.30. The van der Waals surface area contributed by atoms with Crippen LogP contribution in [0.3, 0.4) is 0 Å². The van der Waals surface area contributed by atoms with Gasteiger partial charge in [0.2, 0.25) is 0 Å². The highest BCUT2D eigenvalue weighted by Crippen LogP contribution is 2.00. The van der Waals surface area contributed by atoms with E-state index in [4.69, 9.17) is 4.74 Å². The van der Waals surface area contributed by atoms with Gasteiger partial charge in [-0.15, -0.1) is 0 Å². The van der Waals surface area contributed by atoms with Gasteiger partial charge in [0.15, 0.2) is 5.82 Å². The second-order valence-corrected chi connectivity index (χ2v) is 4.83. The molecule has 1 heterocycles. The first-order valence-corrected chi connectivity index (χ1v) is 6.44. The van der Waals surface area contributed by atoms with Crippen molar-refractivity contribution in [3.63, 3.8) is 0 Å². The first-order valence-electron chi connectivity index (χ1n) is 6.44. The van der Waals surface area contributed by atoms with Crippen molar-refractivity contribution < 1.29 is 4.74 Å². The number of nitrogens with one attached hydrogen (secondary N) is 1. The first kappa shape index (κ1) is 14.7. The molecule has 0 aliphatic heterocycles. The van der Waals surface area contributed by atoms with E-state index < -0.39 is 0 Å². The molecule has 0 saturated heterocycles. The number of hydrogen-bond donors (Lipinski definition) is 1. The summed E-state index contributed by atoms with van der Waals surface area (Å²) >= 11 is 0. The third kappa shape index (κ3) is 4.49. The third-order valence-corrected chi connectivity index (χ3v) is 2.43. The van der Waals surface area contributed by atoms with Crippen molar-refractivity contribution in [2.24, 2.45) is 5.92 Å². The minimum Gasteiger partial charge on any atom is -0.380 e. The van der Waals surface area contributed by atoms with Crippen molar-refractivity contribution in [1.82, 2.24) is 9.55 Å². The largest absolute Gasteiger partial charge is 0.380 e. The molecule has 18 heavy (non-hydrogen) atoms. The van der Waals surface area contributed by atoms with Gasteiger partial charge in [0, 0.05) is 31.6 Å². The summed E-state index contributed by atoms with van der Waals surface area (Å²) in [4.78, 5) is 16.2. The van der Waals surface area contributed by atoms with Gasteiger partial charge in [-0.3, -0.25) is 4.79 Å². The van der Waals surface area contributed by atoms with Crippen molar-refractivity contribution in [2.75, 3.05) is 18.5 Å². The lowest BCUT2D eigenvalue weighted by atomic mass is 10.2. The van der Waals surface area contributed by atoms with Crippen molar-refractivity contribution in [3.05, 3.63) is 22.7 Å². The van der Waals surface area contributed by atoms with Gasteiger partial charge in [-0.2, -0.15) is 0 Å². The van der Waals surface area contributed by atoms with E-state index in [9.17, 15) is 4.79 Å². The van der Waals surface area contributed by atoms with E-state index in [0.717, 1.165) is 0 Å². The van der Waals surface area contributed by atoms with Crippen LogP contribution in [-0.4, -0.2) is 28.8 Å². The van der Waals surface area contributed by atoms with Gasteiger partial charge in [0.1, 0.15) is 0 Å². The smallest absolute Gasteiger partial charge is 0.293 e. The van der Waals surface area contributed by atoms with Gasteiger partial charge in [0.25, 0.3) is 5.56 Å². The van der Waals surface area contributed by atoms with Crippen LogP contribution in [0.4, 0.5) is 5.82 Å². The molecule has 0 aromatic carbocycles. The topological polar surface area (TPSA) is 56.1 Å². The number of anilines is 1. The van der Waals surface area contributed by atoms with Crippen LogP contribution in [0.25, 0.3) is 0 Å². The summed E-state index contributed by atoms with van der Waals surface area (Å²) in [6.45, 7) is 10.0. The van der Waals surface area contributed by atoms with E-state index in [2.05, 4.69) is 24.1 Å². The summed E-state index contributed by atoms with van der Waals surface area (Å²) in [6, 6.07) is 0.0695. The van der Waals surface area contributed by atoms with E-state index >= 15 is 0 Å². The SMILES string of the molecule is CCOCC(C)Nc1nccn(CC(C)C)c1=O. The predicted molar refractivity (Wildman–Crippen MR) is 72.9 cm³/mol. The minimum absolute atomic E-state index is 0.0695. The molecule has 1 atom stereocenters. The molecule has 0 bridgehead atoms. The van der Waals surface area contributed by atoms with Crippen LogP contribution in [0.2, 0.25) is 0 Å². The van der Waals surface area contributed by atoms with Crippen LogP contribution in [0, 0.1) is 5.92 Å². The molecule has 0 aliphatic carbocycles. The Bertz CT molecular complexity index is 415. The number of nitrogens with zero attached hydrogens (tertiary/aromatic N) is 2. The maximum Gasteiger partial charge on any atom is 0.293 e. The molecule has 102 valence electrons. The second kappa shape index (κ2) is 7.16. The van der Waals surface area contributed by atoms with E-state index in [-0.39, 0.29) is 11.6 Å². The second-order valence-electron chi connectivity index (χ2n) is 4.83. The van der Waals surface area contributed by atoms with Gasteiger partial charge in [-0.1, -0.05) is 13.8 Å². The quantitative estimate of drug-likeness (QED) is 0.804. The summed E-state index contributed by atoms with van der Waals surface area (Å²) in [5.74, 6) is 0.823. The number of hydrogen-bond acceptors (Lipinski definition) is 4. The summed E-state index contributed by atoms with van der Waals surface area (Å²) in [6.07, 6.45) is 3.38. The van der Waals surface area contributed by atoms with Crippen molar-refractivity contribution in [2.45, 2.75) is 40.3 Å². The van der Waals surface area contributed by atoms with E-state index in [1.54, 1.807) is 17.0 Å². The molecule has 5 heteroatoms. The van der Waals surface area contributed by atoms with Gasteiger partial charge < -0.3 is 14.6 Å². The average molecular weight is 253 g/mol. The van der Waals surface area contributed by atoms with E-state index in [1.807, 2.05) is 13.8 Å². The highest BCUT2D eigenvalue weighted by molar-refractivity contribution is 5.31. The predicted octanol–water partition coefficient (Wildman–Crippen LogP) is 1.74. The molecule has 0 radical (unpaired) electrons. The number of aromatic nitrogens is 2. The molecule has 0 aliphatic rings. The van der Waals surface area contributed by atoms with Crippen molar-refractivity contribution in [3.8, 4) is 0 Å². The molecular weight excluding hydrogens is 230 g/mol. The Labute approximate surface area is 108 Å². The van der Waals surface area contributed by atoms with E-state index in [0.29, 0.717) is 31.5 Å². The monoisotopic (exact) mass is 253 g/mol. The van der Waals surface area contributed by atoms with Crippen LogP contribution in [0.1, 0.15) is 27.7 Å². The Kier molecular flexibility index (Phi) is 5.85. The zero-order valence-electron chi connectivity index (χ0n) is 11.6. The zero-order valence-corrected chi connectivity index (χ0v) is 11.6. The van der Waals surface area contributed by atoms with Crippen molar-refractivity contribution in [1.29, 1.82) is 0 Å². The van der Waals surface area contributed by atoms with Crippen LogP contribution in [0.5, 0.6) is 0 Å². The molecular formula is C13H23N3O2. The molecule has 1 aromatic rings. The van der Waals surface area contributed by atoms with Crippen molar-refractivity contribution >= 4 is 5.82 Å². The van der Waals surface area contributed by atoms with Crippen LogP contribution in [-0.2, 0) is 11.3 Å². The normalized spacial score (nSPS) is 12.7. The fraction of sp³-hybridized carbons (Fsp3) is 0.692. The van der Waals surface area contributed by atoms with Gasteiger partial charge in [-0.05, 0) is 19.8 Å². The summed E-state index contributed by atoms with van der Waals surface area (Å²) in [5.41, 5.74) is -0.0745. The summed E-state index contributed by atoms with van der Waals surface area (Å²) in [5, 5.41) is 3.09. The molecule has 0 saturated carbocycles. The maximum atomic E-state index is 12.1. The number of ether oxygens (including phenoxy) is 1. The van der Waals surface area contributed by atoms with E-state index in [1.165, 1.54) is 0 Å². The molecule has 0 amide bonds. The number of rotatable bonds is 7. The zero-order chi connectivity index (χ0) is 13.5. The minimum atomic E-state index is -0.0745. The van der Waals surface area contributed by atoms with Crippen LogP contribution >= 0.6 is 0 Å².